The molecular weight excluding hydrogens is 1730 g/mol. The van der Waals surface area contributed by atoms with Crippen molar-refractivity contribution < 1.29 is 188 Å². The number of esters is 3. The maximum Gasteiger partial charge on any atom is 0.426 e. The fourth-order valence-electron chi connectivity index (χ4n) is 12.6. The first-order valence-corrected chi connectivity index (χ1v) is 39.2. The van der Waals surface area contributed by atoms with Gasteiger partial charge in [-0.2, -0.15) is 119 Å². The number of ether oxygens (including phenoxy) is 3. The standard InChI is InChI=1S/C18H28F6O4.C18H22F6O4.C16H20F6O2.C13H17F3O.C11H14F6O.C7H14O2/c2*1-6-14(2,3)13(25)28-12-8-10(15(4,26)17(19,20)21)7-11(9-12)16(5,27)18(22,23)24;1-5-9(2)10-6-11(13(3,23)15(17,18)19)8-12(7-10)14(4,24)16(20,21)22;1-4-9(2)10-5-7-11(8-6-10)12(3,17)13(14,15)16;12-10(13,14)9(18,11(15,16)17)5-8-4-6-1-2-7(8)3-6;1-5-7(2,3)6(8)9-4/h10-12,26-27H,6-9H2,1-5H3;7-9,26-27H,6H2,1-5H3;6-9,23-24H,5H2,1-4H3;5-9,17H,4H2,1-3H3;6-8,18H,1-5H2;5H2,1-4H3. The summed E-state index contributed by atoms with van der Waals surface area (Å²) in [5.74, 6) is -6.36. The third-order valence-corrected chi connectivity index (χ3v) is 24.5. The second-order valence-corrected chi connectivity index (χ2v) is 35.2. The maximum atomic E-state index is 13.3. The van der Waals surface area contributed by atoms with E-state index in [-0.39, 0.29) is 40.3 Å². The average Bonchev–Trinajstić information content (AvgIpc) is 1.03. The van der Waals surface area contributed by atoms with E-state index in [1.54, 1.807) is 53.7 Å². The molecule has 0 amide bonds. The molecule has 2 bridgehead atoms. The molecular formula is C83H115F27O14. The zero-order valence-electron chi connectivity index (χ0n) is 72.3. The summed E-state index contributed by atoms with van der Waals surface area (Å²) >= 11 is 0. The predicted octanol–water partition coefficient (Wildman–Crippen LogP) is 22.9. The van der Waals surface area contributed by atoms with Gasteiger partial charge in [0.1, 0.15) is 11.9 Å². The summed E-state index contributed by atoms with van der Waals surface area (Å²) in [5, 5.41) is 77.9. The Morgan fingerprint density at radius 3 is 0.935 bits per heavy atom. The van der Waals surface area contributed by atoms with E-state index in [2.05, 4.69) is 4.74 Å². The van der Waals surface area contributed by atoms with E-state index in [1.165, 1.54) is 33.1 Å². The molecule has 41 heteroatoms. The first-order chi connectivity index (χ1) is 54.9. The lowest BCUT2D eigenvalue weighted by molar-refractivity contribution is -0.373. The van der Waals surface area contributed by atoms with Crippen LogP contribution in [0.1, 0.15) is 273 Å². The van der Waals surface area contributed by atoms with Gasteiger partial charge in [0, 0.05) is 11.8 Å². The fraction of sp³-hybridized carbons (Fsp3) is 0.747. The summed E-state index contributed by atoms with van der Waals surface area (Å²) in [7, 11) is 1.42. The lowest BCUT2D eigenvalue weighted by Crippen LogP contribution is -2.58. The van der Waals surface area contributed by atoms with E-state index < -0.39 is 201 Å². The van der Waals surface area contributed by atoms with Crippen molar-refractivity contribution >= 4 is 17.9 Å². The summed E-state index contributed by atoms with van der Waals surface area (Å²) in [6.07, 6.45) is -45.5. The molecule has 3 aliphatic rings. The number of carbonyl (C=O) groups excluding carboxylic acids is 3. The Morgan fingerprint density at radius 2 is 0.669 bits per heavy atom. The molecule has 720 valence electrons. The van der Waals surface area contributed by atoms with Crippen molar-refractivity contribution in [2.75, 3.05) is 7.11 Å². The van der Waals surface area contributed by atoms with E-state index in [0.717, 1.165) is 43.9 Å². The smallest absolute Gasteiger partial charge is 0.426 e. The summed E-state index contributed by atoms with van der Waals surface area (Å²) in [4.78, 5) is 35.3. The first kappa shape index (κ1) is 116. The molecule has 6 rings (SSSR count). The lowest BCUT2D eigenvalue weighted by Gasteiger charge is -2.46. The van der Waals surface area contributed by atoms with Crippen LogP contribution in [0.15, 0.2) is 60.7 Å². The molecule has 0 heterocycles. The van der Waals surface area contributed by atoms with Crippen LogP contribution in [-0.4, -0.2) is 144 Å². The highest BCUT2D eigenvalue weighted by molar-refractivity contribution is 5.78. The highest BCUT2D eigenvalue weighted by Gasteiger charge is 2.71. The Hall–Kier alpha value is -6.14. The Bertz CT molecular complexity index is 3780. The minimum atomic E-state index is -5.67. The number of rotatable bonds is 21. The van der Waals surface area contributed by atoms with Gasteiger partial charge in [-0.05, 0) is 260 Å². The van der Waals surface area contributed by atoms with Crippen molar-refractivity contribution in [1.82, 2.24) is 0 Å². The molecule has 0 radical (unpaired) electrons. The quantitative estimate of drug-likeness (QED) is 0.0281. The van der Waals surface area contributed by atoms with Gasteiger partial charge in [-0.1, -0.05) is 91.3 Å². The molecule has 3 aliphatic carbocycles. The van der Waals surface area contributed by atoms with Crippen LogP contribution in [0, 0.1) is 45.8 Å². The van der Waals surface area contributed by atoms with Gasteiger partial charge >= 0.3 is 73.5 Å². The third kappa shape index (κ3) is 27.9. The van der Waals surface area contributed by atoms with E-state index in [0.29, 0.717) is 110 Å². The monoisotopic (exact) mass is 1850 g/mol. The molecule has 0 spiro atoms. The summed E-state index contributed by atoms with van der Waals surface area (Å²) < 4.78 is 365. The number of hydrogen-bond donors (Lipinski definition) is 8. The number of hydrogen-bond acceptors (Lipinski definition) is 14. The Morgan fingerprint density at radius 1 is 0.363 bits per heavy atom. The second-order valence-electron chi connectivity index (χ2n) is 35.2. The van der Waals surface area contributed by atoms with Gasteiger partial charge < -0.3 is 55.1 Å². The molecule has 3 fully saturated rings. The molecule has 8 N–H and O–H groups in total. The average molecular weight is 1850 g/mol. The Labute approximate surface area is 702 Å². The van der Waals surface area contributed by atoms with Crippen LogP contribution in [0.3, 0.4) is 0 Å². The number of benzene rings is 3. The number of halogens is 27. The number of fused-ring (bicyclic) bond motifs is 2. The predicted molar refractivity (Wildman–Crippen MR) is 399 cm³/mol. The van der Waals surface area contributed by atoms with Crippen LogP contribution >= 0.6 is 0 Å². The van der Waals surface area contributed by atoms with Gasteiger partial charge in [-0.15, -0.1) is 0 Å². The zero-order valence-corrected chi connectivity index (χ0v) is 72.3. The maximum absolute atomic E-state index is 13.3. The minimum absolute atomic E-state index is 0.0915. The van der Waals surface area contributed by atoms with Gasteiger partial charge in [-0.25, -0.2) is 0 Å². The van der Waals surface area contributed by atoms with Crippen LogP contribution < -0.4 is 4.74 Å². The van der Waals surface area contributed by atoms with Crippen molar-refractivity contribution in [1.29, 1.82) is 0 Å². The molecule has 3 aromatic rings. The van der Waals surface area contributed by atoms with Crippen LogP contribution in [0.2, 0.25) is 0 Å². The van der Waals surface area contributed by atoms with E-state index in [4.69, 9.17) is 14.6 Å². The van der Waals surface area contributed by atoms with Crippen molar-refractivity contribution in [3.8, 4) is 5.75 Å². The van der Waals surface area contributed by atoms with Gasteiger partial charge in [-0.3, -0.25) is 14.4 Å². The molecule has 14 atom stereocenters. The van der Waals surface area contributed by atoms with Crippen LogP contribution in [0.4, 0.5) is 119 Å². The van der Waals surface area contributed by atoms with Gasteiger partial charge in [0.2, 0.25) is 0 Å². The molecule has 14 unspecified atom stereocenters. The minimum Gasteiger partial charge on any atom is -0.469 e. The van der Waals surface area contributed by atoms with Gasteiger partial charge in [0.25, 0.3) is 5.60 Å². The van der Waals surface area contributed by atoms with Gasteiger partial charge in [0.05, 0.1) is 23.4 Å². The normalized spacial score (nSPS) is 22.3. The van der Waals surface area contributed by atoms with Gasteiger partial charge in [0.15, 0.2) is 39.2 Å². The van der Waals surface area contributed by atoms with E-state index >= 15 is 0 Å². The number of aliphatic hydroxyl groups is 8. The highest BCUT2D eigenvalue weighted by Crippen LogP contribution is 2.57. The van der Waals surface area contributed by atoms with Crippen LogP contribution in [-0.2, 0) is 51.9 Å². The Kier molecular flexibility index (Phi) is 37.8. The summed E-state index contributed by atoms with van der Waals surface area (Å²) in [6, 6.07) is 10.2. The SMILES string of the molecule is CCC(C)(C)C(=O)OC.CCC(C)(C)C(=O)OC1CC(C(C)(O)C(F)(F)F)CC(C(C)(O)C(F)(F)F)C1.CCC(C)(C)C(=O)Oc1cc(C(C)(O)C(F)(F)F)cc(C(C)(O)C(F)(F)F)c1.CCC(C)c1cc(C(C)(O)C(F)(F)F)cc(C(C)(O)C(F)(F)F)c1.CCC(C)c1ccc(C(C)(O)C(F)(F)F)cc1.OC(CC1CC2CCC1C2)(C(F)(F)F)C(F)(F)F. The first-order valence-electron chi connectivity index (χ1n) is 39.2. The fourth-order valence-corrected chi connectivity index (χ4v) is 12.6. The second kappa shape index (κ2) is 40.5. The molecule has 3 aromatic carbocycles. The molecule has 0 aromatic heterocycles. The van der Waals surface area contributed by atoms with E-state index in [1.807, 2.05) is 34.6 Å². The molecule has 0 aliphatic heterocycles. The number of methoxy groups -OCH3 is 1. The van der Waals surface area contributed by atoms with Crippen LogP contribution in [0.25, 0.3) is 0 Å². The third-order valence-electron chi connectivity index (χ3n) is 24.5. The Balaban J connectivity index is 0.000000763. The summed E-state index contributed by atoms with van der Waals surface area (Å²) in [5.41, 5.74) is -32.5. The zero-order chi connectivity index (χ0) is 98.4. The van der Waals surface area contributed by atoms with Crippen molar-refractivity contribution in [3.63, 3.8) is 0 Å². The molecule has 124 heavy (non-hydrogen) atoms. The largest absolute Gasteiger partial charge is 0.469 e. The lowest BCUT2D eigenvalue weighted by atomic mass is 9.67. The molecule has 14 nitrogen and oxygen atoms in total. The molecule has 0 saturated heterocycles. The van der Waals surface area contributed by atoms with Crippen molar-refractivity contribution in [3.05, 3.63) is 99.6 Å². The number of carbonyl (C=O) groups is 3. The van der Waals surface area contributed by atoms with E-state index in [9.17, 15) is 169 Å². The van der Waals surface area contributed by atoms with Crippen molar-refractivity contribution in [2.45, 2.75) is 340 Å². The molecule has 3 saturated carbocycles. The highest BCUT2D eigenvalue weighted by atomic mass is 19.4. The summed E-state index contributed by atoms with van der Waals surface area (Å²) in [6.45, 7) is 25.9. The topological polar surface area (TPSA) is 241 Å². The van der Waals surface area contributed by atoms with Crippen LogP contribution in [0.5, 0.6) is 5.75 Å². The number of alkyl halides is 27. The van der Waals surface area contributed by atoms with Crippen molar-refractivity contribution in [2.24, 2.45) is 45.8 Å².